The maximum Gasteiger partial charge on any atom is 0.231 e. The van der Waals surface area contributed by atoms with E-state index in [9.17, 15) is 9.59 Å². The van der Waals surface area contributed by atoms with Crippen LogP contribution in [0.4, 0.5) is 5.69 Å². The molecule has 2 amide bonds. The molecule has 0 aliphatic carbocycles. The third-order valence-corrected chi connectivity index (χ3v) is 5.62. The van der Waals surface area contributed by atoms with Crippen molar-refractivity contribution in [3.05, 3.63) is 65.2 Å². The lowest BCUT2D eigenvalue weighted by Crippen LogP contribution is -2.46. The van der Waals surface area contributed by atoms with E-state index in [-0.39, 0.29) is 12.3 Å². The van der Waals surface area contributed by atoms with Crippen molar-refractivity contribution in [1.29, 1.82) is 0 Å². The number of primary amides is 1. The molecule has 0 bridgehead atoms. The summed E-state index contributed by atoms with van der Waals surface area (Å²) < 4.78 is 0. The zero-order valence-electron chi connectivity index (χ0n) is 14.7. The number of halogens is 1. The van der Waals surface area contributed by atoms with Gasteiger partial charge in [0.05, 0.1) is 10.9 Å². The molecule has 2 N–H and O–H groups in total. The van der Waals surface area contributed by atoms with E-state index in [1.54, 1.807) is 29.2 Å². The van der Waals surface area contributed by atoms with Crippen LogP contribution in [0.5, 0.6) is 0 Å². The molecule has 5 nitrogen and oxygen atoms in total. The van der Waals surface area contributed by atoms with Crippen LogP contribution in [-0.4, -0.2) is 33.7 Å². The van der Waals surface area contributed by atoms with Crippen molar-refractivity contribution < 1.29 is 9.59 Å². The fourth-order valence-corrected chi connectivity index (χ4v) is 4.08. The van der Waals surface area contributed by atoms with E-state index in [1.807, 2.05) is 18.2 Å². The molecule has 1 fully saturated rings. The number of aliphatic imine (C=N–C) groups is 1. The molecule has 0 saturated carbocycles. The van der Waals surface area contributed by atoms with Gasteiger partial charge in [-0.25, -0.2) is 4.99 Å². The number of hydrogen-bond donors (Lipinski definition) is 1. The first-order chi connectivity index (χ1) is 13.0. The Hall–Kier alpha value is -2.31. The fourth-order valence-electron chi connectivity index (χ4n) is 2.82. The standard InChI is InChI=1S/C20H20ClN3O2S/c21-15-9-4-10-16(12-15)23-20-24(18(25)13-17(27-20)19(22)26)11-5-8-14-6-2-1-3-7-14/h1-4,6-7,9-10,12,17H,5,8,11,13H2,(H2,22,26). The van der Waals surface area contributed by atoms with Crippen molar-refractivity contribution in [3.8, 4) is 0 Å². The molecule has 0 spiro atoms. The molecule has 0 radical (unpaired) electrons. The molecule has 140 valence electrons. The second kappa shape index (κ2) is 9.06. The quantitative estimate of drug-likeness (QED) is 0.800. The summed E-state index contributed by atoms with van der Waals surface area (Å²) in [7, 11) is 0. The predicted octanol–water partition coefficient (Wildman–Crippen LogP) is 3.78. The highest BCUT2D eigenvalue weighted by Crippen LogP contribution is 2.29. The number of amidine groups is 1. The van der Waals surface area contributed by atoms with Gasteiger partial charge in [-0.2, -0.15) is 0 Å². The Kier molecular flexibility index (Phi) is 6.53. The minimum absolute atomic E-state index is 0.0971. The summed E-state index contributed by atoms with van der Waals surface area (Å²) in [5, 5.41) is 0.456. The van der Waals surface area contributed by atoms with E-state index in [0.717, 1.165) is 12.8 Å². The van der Waals surface area contributed by atoms with Crippen molar-refractivity contribution in [2.45, 2.75) is 24.5 Å². The maximum atomic E-state index is 12.6. The predicted molar refractivity (Wildman–Crippen MR) is 110 cm³/mol. The SMILES string of the molecule is NC(=O)C1CC(=O)N(CCCc2ccccc2)C(=Nc2cccc(Cl)c2)S1. The van der Waals surface area contributed by atoms with Crippen LogP contribution in [0.15, 0.2) is 59.6 Å². The van der Waals surface area contributed by atoms with Gasteiger partial charge in [-0.05, 0) is 36.6 Å². The van der Waals surface area contributed by atoms with E-state index in [2.05, 4.69) is 17.1 Å². The van der Waals surface area contributed by atoms with Crippen LogP contribution in [0, 0.1) is 0 Å². The highest BCUT2D eigenvalue weighted by molar-refractivity contribution is 8.15. The molecule has 2 aromatic carbocycles. The van der Waals surface area contributed by atoms with Gasteiger partial charge in [0, 0.05) is 18.0 Å². The van der Waals surface area contributed by atoms with E-state index in [1.165, 1.54) is 17.3 Å². The Morgan fingerprint density at radius 3 is 2.70 bits per heavy atom. The first-order valence-corrected chi connectivity index (χ1v) is 9.93. The number of thioether (sulfide) groups is 1. The van der Waals surface area contributed by atoms with Crippen LogP contribution < -0.4 is 5.73 Å². The zero-order valence-corrected chi connectivity index (χ0v) is 16.2. The van der Waals surface area contributed by atoms with E-state index in [4.69, 9.17) is 17.3 Å². The van der Waals surface area contributed by atoms with Crippen molar-refractivity contribution in [1.82, 2.24) is 4.90 Å². The third kappa shape index (κ3) is 5.34. The second-order valence-corrected chi connectivity index (χ2v) is 7.83. The second-order valence-electron chi connectivity index (χ2n) is 6.22. The molecule has 2 aromatic rings. The Labute approximate surface area is 167 Å². The largest absolute Gasteiger partial charge is 0.369 e. The molecule has 1 aliphatic heterocycles. The summed E-state index contributed by atoms with van der Waals surface area (Å²) in [6, 6.07) is 17.2. The van der Waals surface area contributed by atoms with Crippen LogP contribution in [0.25, 0.3) is 0 Å². The van der Waals surface area contributed by atoms with E-state index in [0.29, 0.717) is 22.4 Å². The summed E-state index contributed by atoms with van der Waals surface area (Å²) in [4.78, 5) is 30.4. The third-order valence-electron chi connectivity index (χ3n) is 4.18. The normalized spacial score (nSPS) is 18.7. The van der Waals surface area contributed by atoms with Crippen LogP contribution >= 0.6 is 23.4 Å². The number of aryl methyl sites for hydroxylation is 1. The Balaban J connectivity index is 1.77. The van der Waals surface area contributed by atoms with Gasteiger partial charge < -0.3 is 5.73 Å². The number of benzene rings is 2. The molecule has 3 rings (SSSR count). The van der Waals surface area contributed by atoms with Gasteiger partial charge in [-0.15, -0.1) is 0 Å². The summed E-state index contributed by atoms with van der Waals surface area (Å²) in [6.45, 7) is 0.533. The molecule has 1 atom stereocenters. The highest BCUT2D eigenvalue weighted by atomic mass is 35.5. The van der Waals surface area contributed by atoms with Crippen molar-refractivity contribution in [2.75, 3.05) is 6.54 Å². The molecule has 1 unspecified atom stereocenters. The van der Waals surface area contributed by atoms with Gasteiger partial charge in [0.15, 0.2) is 5.17 Å². The first kappa shape index (κ1) is 19.5. The molecule has 0 aromatic heterocycles. The molecule has 1 saturated heterocycles. The molecule has 1 heterocycles. The lowest BCUT2D eigenvalue weighted by Gasteiger charge is -2.31. The summed E-state index contributed by atoms with van der Waals surface area (Å²) in [6.07, 6.45) is 1.75. The molecule has 27 heavy (non-hydrogen) atoms. The smallest absolute Gasteiger partial charge is 0.231 e. The minimum atomic E-state index is -0.596. The van der Waals surface area contributed by atoms with Gasteiger partial charge in [-0.1, -0.05) is 59.8 Å². The van der Waals surface area contributed by atoms with Crippen LogP contribution in [-0.2, 0) is 16.0 Å². The molecule has 7 heteroatoms. The summed E-state index contributed by atoms with van der Waals surface area (Å²) >= 11 is 7.26. The molecule has 1 aliphatic rings. The van der Waals surface area contributed by atoms with Gasteiger partial charge in [-0.3, -0.25) is 14.5 Å². The number of nitrogens with two attached hydrogens (primary N) is 1. The minimum Gasteiger partial charge on any atom is -0.369 e. The topological polar surface area (TPSA) is 75.8 Å². The van der Waals surface area contributed by atoms with Crippen molar-refractivity contribution in [2.24, 2.45) is 10.7 Å². The fraction of sp³-hybridized carbons (Fsp3) is 0.250. The Morgan fingerprint density at radius 1 is 1.22 bits per heavy atom. The average molecular weight is 402 g/mol. The number of hydrogen-bond acceptors (Lipinski definition) is 4. The van der Waals surface area contributed by atoms with Crippen molar-refractivity contribution in [3.63, 3.8) is 0 Å². The molecular weight excluding hydrogens is 382 g/mol. The van der Waals surface area contributed by atoms with Gasteiger partial charge in [0.1, 0.15) is 0 Å². The summed E-state index contributed by atoms with van der Waals surface area (Å²) in [5.74, 6) is -0.637. The van der Waals surface area contributed by atoms with Crippen LogP contribution in [0.2, 0.25) is 5.02 Å². The van der Waals surface area contributed by atoms with Crippen LogP contribution in [0.3, 0.4) is 0 Å². The number of carbonyl (C=O) groups excluding carboxylic acids is 2. The monoisotopic (exact) mass is 401 g/mol. The van der Waals surface area contributed by atoms with Gasteiger partial charge in [0.2, 0.25) is 11.8 Å². The molecular formula is C20H20ClN3O2S. The zero-order chi connectivity index (χ0) is 19.2. The average Bonchev–Trinajstić information content (AvgIpc) is 2.64. The van der Waals surface area contributed by atoms with Gasteiger partial charge >= 0.3 is 0 Å². The summed E-state index contributed by atoms with van der Waals surface area (Å²) in [5.41, 5.74) is 7.28. The lowest BCUT2D eigenvalue weighted by molar-refractivity contribution is -0.129. The Morgan fingerprint density at radius 2 is 2.00 bits per heavy atom. The Bertz CT molecular complexity index is 857. The maximum absolute atomic E-state index is 12.6. The van der Waals surface area contributed by atoms with Crippen LogP contribution in [0.1, 0.15) is 18.4 Å². The van der Waals surface area contributed by atoms with E-state index >= 15 is 0 Å². The number of amides is 2. The first-order valence-electron chi connectivity index (χ1n) is 8.67. The number of nitrogens with zero attached hydrogens (tertiary/aromatic N) is 2. The van der Waals surface area contributed by atoms with Gasteiger partial charge in [0.25, 0.3) is 0 Å². The lowest BCUT2D eigenvalue weighted by atomic mass is 10.1. The number of carbonyl (C=O) groups is 2. The number of rotatable bonds is 6. The van der Waals surface area contributed by atoms with Crippen molar-refractivity contribution >= 4 is 46.0 Å². The van der Waals surface area contributed by atoms with E-state index < -0.39 is 11.2 Å². The highest BCUT2D eigenvalue weighted by Gasteiger charge is 2.34.